The van der Waals surface area contributed by atoms with Gasteiger partial charge in [0, 0.05) is 16.3 Å². The van der Waals surface area contributed by atoms with Gasteiger partial charge in [-0.3, -0.25) is 0 Å². The Kier molecular flexibility index (Phi) is 5.20. The Morgan fingerprint density at radius 2 is 1.83 bits per heavy atom. The van der Waals surface area contributed by atoms with Crippen LogP contribution in [0.15, 0.2) is 24.3 Å². The molecule has 2 N–H and O–H groups in total. The third kappa shape index (κ3) is 4.59. The molecule has 0 bridgehead atoms. The van der Waals surface area contributed by atoms with Gasteiger partial charge in [0.15, 0.2) is 0 Å². The van der Waals surface area contributed by atoms with Crippen LogP contribution < -0.4 is 5.73 Å². The van der Waals surface area contributed by atoms with Gasteiger partial charge >= 0.3 is 0 Å². The zero-order valence-electron chi connectivity index (χ0n) is 10.8. The first-order valence-electron chi connectivity index (χ1n) is 6.02. The lowest BCUT2D eigenvalue weighted by atomic mass is 9.89. The van der Waals surface area contributed by atoms with Crippen LogP contribution in [0.2, 0.25) is 5.02 Å². The molecular weight excluding hydrogens is 270 g/mol. The average molecular weight is 290 g/mol. The molecule has 0 aliphatic rings. The molecule has 5 heteroatoms. The predicted octanol–water partition coefficient (Wildman–Crippen LogP) is 2.73. The van der Waals surface area contributed by atoms with E-state index >= 15 is 0 Å². The number of nitrogens with two attached hydrogens (primary N) is 1. The van der Waals surface area contributed by atoms with Crippen molar-refractivity contribution in [2.45, 2.75) is 32.2 Å². The van der Waals surface area contributed by atoms with E-state index in [9.17, 15) is 8.42 Å². The number of benzene rings is 1. The van der Waals surface area contributed by atoms with Crippen LogP contribution in [-0.4, -0.2) is 19.9 Å². The largest absolute Gasteiger partial charge is 0.322 e. The molecule has 0 radical (unpaired) electrons. The minimum Gasteiger partial charge on any atom is -0.322 e. The highest BCUT2D eigenvalue weighted by atomic mass is 35.5. The molecule has 0 saturated heterocycles. The summed E-state index contributed by atoms with van der Waals surface area (Å²) in [6.45, 7) is 3.57. The molecule has 3 nitrogen and oxygen atoms in total. The molecule has 18 heavy (non-hydrogen) atoms. The Balaban J connectivity index is 2.62. The number of hydrogen-bond donors (Lipinski definition) is 1. The van der Waals surface area contributed by atoms with Crippen molar-refractivity contribution in [1.29, 1.82) is 0 Å². The summed E-state index contributed by atoms with van der Waals surface area (Å²) < 4.78 is 22.8. The van der Waals surface area contributed by atoms with E-state index in [-0.39, 0.29) is 11.5 Å². The molecule has 0 saturated carbocycles. The summed E-state index contributed by atoms with van der Waals surface area (Å²) in [5.41, 5.74) is 6.67. The third-order valence-corrected chi connectivity index (χ3v) is 5.14. The average Bonchev–Trinajstić information content (AvgIpc) is 2.29. The van der Waals surface area contributed by atoms with E-state index in [4.69, 9.17) is 17.3 Å². The molecular formula is C13H20ClNO2S. The quantitative estimate of drug-likeness (QED) is 0.876. The second-order valence-corrected chi connectivity index (χ2v) is 7.67. The Bertz CT molecular complexity index is 480. The van der Waals surface area contributed by atoms with Crippen molar-refractivity contribution in [2.24, 2.45) is 5.73 Å². The molecule has 0 spiro atoms. The van der Waals surface area contributed by atoms with Gasteiger partial charge < -0.3 is 5.73 Å². The van der Waals surface area contributed by atoms with Gasteiger partial charge in [0.1, 0.15) is 9.84 Å². The highest BCUT2D eigenvalue weighted by molar-refractivity contribution is 7.91. The SMILES string of the molecule is CCS(=O)(=O)CCCC(C)(N)c1ccc(Cl)cc1. The summed E-state index contributed by atoms with van der Waals surface area (Å²) in [5.74, 6) is 0.388. The Hall–Kier alpha value is -0.580. The van der Waals surface area contributed by atoms with Gasteiger partial charge in [-0.25, -0.2) is 8.42 Å². The molecule has 0 aliphatic heterocycles. The minimum atomic E-state index is -2.91. The highest BCUT2D eigenvalue weighted by Gasteiger charge is 2.21. The number of rotatable bonds is 6. The number of halogens is 1. The van der Waals surface area contributed by atoms with E-state index in [0.717, 1.165) is 5.56 Å². The predicted molar refractivity (Wildman–Crippen MR) is 76.6 cm³/mol. The van der Waals surface area contributed by atoms with E-state index in [0.29, 0.717) is 17.9 Å². The summed E-state index contributed by atoms with van der Waals surface area (Å²) in [6, 6.07) is 7.36. The molecule has 0 amide bonds. The van der Waals surface area contributed by atoms with Crippen LogP contribution in [0.5, 0.6) is 0 Å². The van der Waals surface area contributed by atoms with Crippen molar-refractivity contribution in [3.8, 4) is 0 Å². The fraction of sp³-hybridized carbons (Fsp3) is 0.538. The molecule has 0 heterocycles. The van der Waals surface area contributed by atoms with Gasteiger partial charge in [-0.2, -0.15) is 0 Å². The molecule has 102 valence electrons. The topological polar surface area (TPSA) is 60.2 Å². The highest BCUT2D eigenvalue weighted by Crippen LogP contribution is 2.24. The van der Waals surface area contributed by atoms with Crippen molar-refractivity contribution in [2.75, 3.05) is 11.5 Å². The van der Waals surface area contributed by atoms with Crippen LogP contribution in [0.25, 0.3) is 0 Å². The Morgan fingerprint density at radius 3 is 2.33 bits per heavy atom. The first kappa shape index (κ1) is 15.5. The van der Waals surface area contributed by atoms with Crippen molar-refractivity contribution >= 4 is 21.4 Å². The summed E-state index contributed by atoms with van der Waals surface area (Å²) in [7, 11) is -2.91. The van der Waals surface area contributed by atoms with Gasteiger partial charge in [0.2, 0.25) is 0 Å². The van der Waals surface area contributed by atoms with Crippen LogP contribution in [0.1, 0.15) is 32.3 Å². The van der Waals surface area contributed by atoms with Crippen LogP contribution in [0.3, 0.4) is 0 Å². The number of hydrogen-bond acceptors (Lipinski definition) is 3. The molecule has 1 aromatic rings. The lowest BCUT2D eigenvalue weighted by Gasteiger charge is -2.25. The summed E-state index contributed by atoms with van der Waals surface area (Å²) in [4.78, 5) is 0. The second-order valence-electron chi connectivity index (χ2n) is 4.76. The van der Waals surface area contributed by atoms with Gasteiger partial charge in [0.05, 0.1) is 5.75 Å². The lowest BCUT2D eigenvalue weighted by Crippen LogP contribution is -2.33. The normalized spacial score (nSPS) is 15.3. The van der Waals surface area contributed by atoms with E-state index in [1.807, 2.05) is 19.1 Å². The maximum absolute atomic E-state index is 11.4. The van der Waals surface area contributed by atoms with E-state index in [1.165, 1.54) is 0 Å². The third-order valence-electron chi connectivity index (χ3n) is 3.09. The fourth-order valence-corrected chi connectivity index (χ4v) is 2.78. The van der Waals surface area contributed by atoms with Gasteiger partial charge in [0.25, 0.3) is 0 Å². The zero-order valence-corrected chi connectivity index (χ0v) is 12.4. The van der Waals surface area contributed by atoms with Crippen molar-refractivity contribution in [1.82, 2.24) is 0 Å². The maximum atomic E-state index is 11.4. The molecule has 1 unspecified atom stereocenters. The van der Waals surface area contributed by atoms with Gasteiger partial charge in [-0.05, 0) is 37.5 Å². The van der Waals surface area contributed by atoms with Crippen LogP contribution >= 0.6 is 11.6 Å². The molecule has 1 aromatic carbocycles. The first-order valence-corrected chi connectivity index (χ1v) is 8.22. The standard InChI is InChI=1S/C13H20ClNO2S/c1-3-18(16,17)10-4-9-13(2,15)11-5-7-12(14)8-6-11/h5-8H,3-4,9-10,15H2,1-2H3. The van der Waals surface area contributed by atoms with Crippen molar-refractivity contribution < 1.29 is 8.42 Å². The van der Waals surface area contributed by atoms with Gasteiger partial charge in [-0.15, -0.1) is 0 Å². The van der Waals surface area contributed by atoms with Crippen LogP contribution in [0.4, 0.5) is 0 Å². The molecule has 0 fully saturated rings. The minimum absolute atomic E-state index is 0.190. The van der Waals surface area contributed by atoms with E-state index in [1.54, 1.807) is 19.1 Å². The molecule has 0 aromatic heterocycles. The lowest BCUT2D eigenvalue weighted by molar-refractivity contribution is 0.446. The summed E-state index contributed by atoms with van der Waals surface area (Å²) >= 11 is 5.82. The zero-order chi connectivity index (χ0) is 13.8. The fourth-order valence-electron chi connectivity index (χ4n) is 1.78. The maximum Gasteiger partial charge on any atom is 0.150 e. The van der Waals surface area contributed by atoms with Crippen LogP contribution in [0, 0.1) is 0 Å². The van der Waals surface area contributed by atoms with E-state index < -0.39 is 15.4 Å². The van der Waals surface area contributed by atoms with Crippen LogP contribution in [-0.2, 0) is 15.4 Å². The molecule has 1 atom stereocenters. The number of sulfone groups is 1. The monoisotopic (exact) mass is 289 g/mol. The smallest absolute Gasteiger partial charge is 0.150 e. The second kappa shape index (κ2) is 6.04. The molecule has 1 rings (SSSR count). The Labute approximate surface area is 114 Å². The summed E-state index contributed by atoms with van der Waals surface area (Å²) in [6.07, 6.45) is 1.21. The van der Waals surface area contributed by atoms with Gasteiger partial charge in [-0.1, -0.05) is 30.7 Å². The Morgan fingerprint density at radius 1 is 1.28 bits per heavy atom. The van der Waals surface area contributed by atoms with Crippen molar-refractivity contribution in [3.63, 3.8) is 0 Å². The molecule has 0 aliphatic carbocycles. The van der Waals surface area contributed by atoms with Crippen molar-refractivity contribution in [3.05, 3.63) is 34.9 Å². The summed E-state index contributed by atoms with van der Waals surface area (Å²) in [5, 5.41) is 0.670. The first-order chi connectivity index (χ1) is 8.27. The van der Waals surface area contributed by atoms with E-state index in [2.05, 4.69) is 0 Å².